The van der Waals surface area contributed by atoms with Crippen LogP contribution in [0.3, 0.4) is 0 Å². The topological polar surface area (TPSA) is 76.0 Å². The molecule has 3 heterocycles. The Kier molecular flexibility index (Phi) is 5.65. The van der Waals surface area contributed by atoms with E-state index in [1.54, 1.807) is 6.20 Å². The minimum Gasteiger partial charge on any atom is -0.333 e. The summed E-state index contributed by atoms with van der Waals surface area (Å²) in [7, 11) is -3.46. The number of rotatable bonds is 5. The summed E-state index contributed by atoms with van der Waals surface area (Å²) in [6.07, 6.45) is 7.91. The van der Waals surface area contributed by atoms with Crippen LogP contribution in [0.25, 0.3) is 0 Å². The smallest absolute Gasteiger partial charge is 0.259 e. The van der Waals surface area contributed by atoms with Crippen LogP contribution < -0.4 is 10.0 Å². The summed E-state index contributed by atoms with van der Waals surface area (Å²) in [5.74, 6) is 0.897. The predicted octanol–water partition coefficient (Wildman–Crippen LogP) is 1.06. The predicted molar refractivity (Wildman–Crippen MR) is 83.2 cm³/mol. The number of aromatic nitrogens is 2. The van der Waals surface area contributed by atoms with Crippen LogP contribution in [-0.2, 0) is 23.0 Å². The van der Waals surface area contributed by atoms with Gasteiger partial charge in [-0.1, -0.05) is 0 Å². The van der Waals surface area contributed by atoms with E-state index >= 15 is 0 Å². The number of nitrogens with one attached hydrogen (secondary N) is 2. The minimum atomic E-state index is -3.46. The molecule has 21 heavy (non-hydrogen) atoms. The molecule has 0 spiro atoms. The van der Waals surface area contributed by atoms with Gasteiger partial charge >= 0.3 is 0 Å². The van der Waals surface area contributed by atoms with E-state index in [4.69, 9.17) is 0 Å². The van der Waals surface area contributed by atoms with Crippen molar-refractivity contribution in [3.63, 3.8) is 0 Å². The molecule has 0 unspecified atom stereocenters. The summed E-state index contributed by atoms with van der Waals surface area (Å²) in [5.41, 5.74) is 0. The zero-order valence-electron chi connectivity index (χ0n) is 12.0. The Morgan fingerprint density at radius 2 is 2.24 bits per heavy atom. The van der Waals surface area contributed by atoms with Crippen LogP contribution in [0, 0.1) is 0 Å². The van der Waals surface area contributed by atoms with Gasteiger partial charge in [-0.15, -0.1) is 12.4 Å². The van der Waals surface area contributed by atoms with Crippen molar-refractivity contribution in [2.24, 2.45) is 0 Å². The van der Waals surface area contributed by atoms with Gasteiger partial charge in [0.25, 0.3) is 10.0 Å². The van der Waals surface area contributed by atoms with Crippen LogP contribution in [0.5, 0.6) is 0 Å². The largest absolute Gasteiger partial charge is 0.333 e. The minimum absolute atomic E-state index is 0. The lowest BCUT2D eigenvalue weighted by molar-refractivity contribution is 0.522. The first-order valence-corrected chi connectivity index (χ1v) is 8.92. The molecule has 2 N–H and O–H groups in total. The maximum Gasteiger partial charge on any atom is 0.259 e. The third kappa shape index (κ3) is 3.97. The third-order valence-electron chi connectivity index (χ3n) is 4.11. The van der Waals surface area contributed by atoms with Gasteiger partial charge < -0.3 is 9.88 Å². The van der Waals surface area contributed by atoms with E-state index in [1.165, 1.54) is 6.42 Å². The first-order valence-electron chi connectivity index (χ1n) is 7.44. The van der Waals surface area contributed by atoms with Crippen LogP contribution >= 0.6 is 12.4 Å². The highest BCUT2D eigenvalue weighted by Gasteiger charge is 2.22. The molecule has 8 heteroatoms. The number of hydrogen-bond acceptors (Lipinski definition) is 4. The molecule has 0 radical (unpaired) electrons. The Morgan fingerprint density at radius 1 is 1.38 bits per heavy atom. The molecule has 6 nitrogen and oxygen atoms in total. The van der Waals surface area contributed by atoms with Crippen molar-refractivity contribution in [2.45, 2.75) is 56.1 Å². The average Bonchev–Trinajstić information content (AvgIpc) is 3.07. The zero-order valence-corrected chi connectivity index (χ0v) is 13.7. The Hall–Kier alpha value is -0.630. The molecule has 0 aliphatic carbocycles. The maximum atomic E-state index is 12.2. The highest BCUT2D eigenvalue weighted by Crippen LogP contribution is 2.17. The van der Waals surface area contributed by atoms with Gasteiger partial charge in [0.2, 0.25) is 0 Å². The summed E-state index contributed by atoms with van der Waals surface area (Å²) in [6, 6.07) is 0.452. The second kappa shape index (κ2) is 7.09. The van der Waals surface area contributed by atoms with Gasteiger partial charge in [0.1, 0.15) is 5.82 Å². The van der Waals surface area contributed by atoms with Crippen LogP contribution in [0.15, 0.2) is 11.2 Å². The first-order chi connectivity index (χ1) is 9.65. The van der Waals surface area contributed by atoms with Crippen LogP contribution in [0.4, 0.5) is 0 Å². The van der Waals surface area contributed by atoms with E-state index in [1.807, 2.05) is 4.57 Å². The van der Waals surface area contributed by atoms with Gasteiger partial charge in [0.15, 0.2) is 5.03 Å². The molecule has 1 fully saturated rings. The molecular weight excluding hydrogens is 312 g/mol. The molecule has 1 saturated heterocycles. The molecule has 2 aliphatic rings. The van der Waals surface area contributed by atoms with Crippen molar-refractivity contribution in [2.75, 3.05) is 13.1 Å². The van der Waals surface area contributed by atoms with Crippen LogP contribution in [0.2, 0.25) is 0 Å². The highest BCUT2D eigenvalue weighted by atomic mass is 35.5. The van der Waals surface area contributed by atoms with E-state index in [0.29, 0.717) is 12.6 Å². The molecule has 0 amide bonds. The number of halogens is 1. The normalized spacial score (nSPS) is 21.8. The highest BCUT2D eigenvalue weighted by molar-refractivity contribution is 7.89. The number of nitrogens with zero attached hydrogens (tertiary/aromatic N) is 2. The Bertz CT molecular complexity index is 543. The first kappa shape index (κ1) is 16.7. The SMILES string of the molecule is Cl.O=S(=O)(NCC[C@H]1CCCN1)c1cn2c(n1)CCCC2. The van der Waals surface area contributed by atoms with Crippen molar-refractivity contribution in [3.05, 3.63) is 12.0 Å². The van der Waals surface area contributed by atoms with Crippen molar-refractivity contribution in [1.82, 2.24) is 19.6 Å². The number of fused-ring (bicyclic) bond motifs is 1. The standard InChI is InChI=1S/C13H22N4O2S.ClH/c18-20(19,15-8-6-11-4-3-7-14-11)13-10-17-9-2-1-5-12(17)16-13;/h10-11,14-15H,1-9H2;1H/t11-;/m1./s1. The number of sulfonamides is 1. The molecule has 0 bridgehead atoms. The van der Waals surface area contributed by atoms with Crippen molar-refractivity contribution in [3.8, 4) is 0 Å². The van der Waals surface area contributed by atoms with Gasteiger partial charge in [-0.2, -0.15) is 0 Å². The number of hydrogen-bond donors (Lipinski definition) is 2. The molecule has 2 aliphatic heterocycles. The second-order valence-electron chi connectivity index (χ2n) is 5.63. The number of imidazole rings is 1. The van der Waals surface area contributed by atoms with Gasteiger partial charge in [-0.25, -0.2) is 18.1 Å². The molecule has 1 aromatic rings. The lowest BCUT2D eigenvalue weighted by atomic mass is 10.2. The average molecular weight is 335 g/mol. The van der Waals surface area contributed by atoms with Gasteiger partial charge in [0.05, 0.1) is 0 Å². The number of aryl methyl sites for hydroxylation is 2. The fraction of sp³-hybridized carbons (Fsp3) is 0.769. The lowest BCUT2D eigenvalue weighted by Crippen LogP contribution is -2.30. The van der Waals surface area contributed by atoms with Gasteiger partial charge in [0, 0.05) is 31.7 Å². The monoisotopic (exact) mass is 334 g/mol. The van der Waals surface area contributed by atoms with Gasteiger partial charge in [-0.05, 0) is 38.6 Å². The van der Waals surface area contributed by atoms with Crippen molar-refractivity contribution >= 4 is 22.4 Å². The zero-order chi connectivity index (χ0) is 14.0. The van der Waals surface area contributed by atoms with E-state index in [0.717, 1.165) is 51.0 Å². The van der Waals surface area contributed by atoms with E-state index in [9.17, 15) is 8.42 Å². The summed E-state index contributed by atoms with van der Waals surface area (Å²) in [5, 5.41) is 3.54. The van der Waals surface area contributed by atoms with Crippen LogP contribution in [-0.4, -0.2) is 37.1 Å². The Morgan fingerprint density at radius 3 is 2.95 bits per heavy atom. The summed E-state index contributed by atoms with van der Waals surface area (Å²) in [4.78, 5) is 4.27. The second-order valence-corrected chi connectivity index (χ2v) is 7.34. The van der Waals surface area contributed by atoms with Crippen molar-refractivity contribution < 1.29 is 8.42 Å². The Labute approximate surface area is 132 Å². The summed E-state index contributed by atoms with van der Waals surface area (Å²) in [6.45, 7) is 2.40. The van der Waals surface area contributed by atoms with E-state index < -0.39 is 10.0 Å². The fourth-order valence-electron chi connectivity index (χ4n) is 2.96. The lowest BCUT2D eigenvalue weighted by Gasteiger charge is -2.11. The van der Waals surface area contributed by atoms with E-state index in [-0.39, 0.29) is 17.4 Å². The molecule has 0 aromatic carbocycles. The molecule has 120 valence electrons. The molecule has 1 aromatic heterocycles. The maximum absolute atomic E-state index is 12.2. The molecule has 3 rings (SSSR count). The molecule has 1 atom stereocenters. The summed E-state index contributed by atoms with van der Waals surface area (Å²) >= 11 is 0. The quantitative estimate of drug-likeness (QED) is 0.844. The Balaban J connectivity index is 0.00000161. The molecule has 0 saturated carbocycles. The summed E-state index contributed by atoms with van der Waals surface area (Å²) < 4.78 is 29.1. The molecular formula is C13H23ClN4O2S. The third-order valence-corrected chi connectivity index (χ3v) is 5.44. The van der Waals surface area contributed by atoms with Crippen molar-refractivity contribution in [1.29, 1.82) is 0 Å². The van der Waals surface area contributed by atoms with E-state index in [2.05, 4.69) is 15.0 Å². The van der Waals surface area contributed by atoms with Gasteiger partial charge in [-0.3, -0.25) is 0 Å². The fourth-order valence-corrected chi connectivity index (χ4v) is 3.99. The van der Waals surface area contributed by atoms with Crippen LogP contribution in [0.1, 0.15) is 37.9 Å².